The molecule has 1 fully saturated rings. The van der Waals surface area contributed by atoms with Crippen LogP contribution in [-0.2, 0) is 6.54 Å². The van der Waals surface area contributed by atoms with Crippen LogP contribution in [0.15, 0.2) is 11.2 Å². The average Bonchev–Trinajstić information content (AvgIpc) is 3.01. The van der Waals surface area contributed by atoms with Gasteiger partial charge in [0.25, 0.3) is 0 Å². The van der Waals surface area contributed by atoms with Gasteiger partial charge in [-0.2, -0.15) is 4.99 Å². The summed E-state index contributed by atoms with van der Waals surface area (Å²) in [6.45, 7) is 2.98. The molecule has 98 valence electrons. The monoisotopic (exact) mass is 270 g/mol. The van der Waals surface area contributed by atoms with Gasteiger partial charge in [-0.15, -0.1) is 0 Å². The number of carbonyl (C=O) groups excluding carboxylic acids is 1. The first-order chi connectivity index (χ1) is 8.60. The molecule has 18 heavy (non-hydrogen) atoms. The fourth-order valence-corrected chi connectivity index (χ4v) is 2.34. The molecule has 1 aromatic rings. The van der Waals surface area contributed by atoms with Crippen LogP contribution in [-0.4, -0.2) is 22.1 Å². The number of nitro groups is 1. The number of aromatic nitrogens is 1. The van der Waals surface area contributed by atoms with Crippen molar-refractivity contribution in [2.45, 2.75) is 26.3 Å². The Labute approximate surface area is 107 Å². The summed E-state index contributed by atoms with van der Waals surface area (Å²) < 4.78 is 1.70. The Bertz CT molecular complexity index is 529. The number of hydrogen-bond acceptors (Lipinski definition) is 4. The zero-order valence-corrected chi connectivity index (χ0v) is 10.8. The number of thiazole rings is 1. The van der Waals surface area contributed by atoms with Gasteiger partial charge in [0, 0.05) is 13.1 Å². The summed E-state index contributed by atoms with van der Waals surface area (Å²) in [5.41, 5.74) is 0. The molecule has 0 bridgehead atoms. The predicted molar refractivity (Wildman–Crippen MR) is 66.3 cm³/mol. The minimum atomic E-state index is -0.459. The second-order valence-electron chi connectivity index (χ2n) is 4.15. The summed E-state index contributed by atoms with van der Waals surface area (Å²) in [5, 5.41) is 13.3. The predicted octanol–water partition coefficient (Wildman–Crippen LogP) is 1.50. The van der Waals surface area contributed by atoms with E-state index in [1.165, 1.54) is 6.20 Å². The van der Waals surface area contributed by atoms with E-state index in [1.807, 2.05) is 0 Å². The van der Waals surface area contributed by atoms with Crippen LogP contribution in [0, 0.1) is 16.0 Å². The smallest absolute Gasteiger partial charge is 0.336 e. The third kappa shape index (κ3) is 3.16. The van der Waals surface area contributed by atoms with Gasteiger partial charge in [0.05, 0.1) is 11.1 Å². The number of nitrogens with zero attached hydrogens (tertiary/aromatic N) is 3. The maximum absolute atomic E-state index is 11.4. The van der Waals surface area contributed by atoms with E-state index < -0.39 is 11.0 Å². The topological polar surface area (TPSA) is 89.5 Å². The Morgan fingerprint density at radius 2 is 2.44 bits per heavy atom. The lowest BCUT2D eigenvalue weighted by atomic mass is 10.4. The molecule has 0 aromatic carbocycles. The van der Waals surface area contributed by atoms with Crippen LogP contribution < -0.4 is 10.1 Å². The molecule has 1 heterocycles. The molecule has 2 rings (SSSR count). The largest absolute Gasteiger partial charge is 0.343 e. The second-order valence-corrected chi connectivity index (χ2v) is 5.14. The van der Waals surface area contributed by atoms with Crippen molar-refractivity contribution in [2.24, 2.45) is 10.9 Å². The first-order valence-electron chi connectivity index (χ1n) is 5.77. The molecule has 1 N–H and O–H groups in total. The molecule has 0 aliphatic heterocycles. The zero-order valence-electron chi connectivity index (χ0n) is 9.96. The standard InChI is InChI=1S/C10H14N4O3S/c1-2-11-9(15)12-10-13(5-7-3-4-7)6-8(18-10)14(16)17/h6-7H,2-5H2,1H3,(H,11,15)/b12-10-. The normalized spacial score (nSPS) is 15.7. The van der Waals surface area contributed by atoms with Crippen molar-refractivity contribution in [1.29, 1.82) is 0 Å². The molecule has 8 heteroatoms. The Hall–Kier alpha value is -1.70. The minimum absolute atomic E-state index is 0.0127. The summed E-state index contributed by atoms with van der Waals surface area (Å²) in [6, 6.07) is -0.459. The van der Waals surface area contributed by atoms with E-state index >= 15 is 0 Å². The van der Waals surface area contributed by atoms with Gasteiger partial charge in [0.1, 0.15) is 0 Å². The summed E-state index contributed by atoms with van der Waals surface area (Å²) in [6.07, 6.45) is 3.73. The minimum Gasteiger partial charge on any atom is -0.336 e. The molecule has 7 nitrogen and oxygen atoms in total. The summed E-state index contributed by atoms with van der Waals surface area (Å²) >= 11 is 0.928. The lowest BCUT2D eigenvalue weighted by Crippen LogP contribution is -2.24. The first-order valence-corrected chi connectivity index (χ1v) is 6.59. The van der Waals surface area contributed by atoms with Crippen molar-refractivity contribution < 1.29 is 9.72 Å². The number of carbonyl (C=O) groups is 1. The summed E-state index contributed by atoms with van der Waals surface area (Å²) in [5.74, 6) is 0.562. The van der Waals surface area contributed by atoms with Crippen molar-refractivity contribution in [2.75, 3.05) is 6.54 Å². The van der Waals surface area contributed by atoms with Crippen molar-refractivity contribution in [3.63, 3.8) is 0 Å². The third-order valence-corrected chi connectivity index (χ3v) is 3.54. The van der Waals surface area contributed by atoms with Gasteiger partial charge in [0.2, 0.25) is 4.80 Å². The van der Waals surface area contributed by atoms with E-state index in [9.17, 15) is 14.9 Å². The van der Waals surface area contributed by atoms with Gasteiger partial charge in [-0.25, -0.2) is 4.79 Å². The molecule has 0 radical (unpaired) electrons. The number of amides is 2. The van der Waals surface area contributed by atoms with Crippen molar-refractivity contribution in [3.8, 4) is 0 Å². The van der Waals surface area contributed by atoms with Gasteiger partial charge < -0.3 is 9.88 Å². The molecule has 0 saturated heterocycles. The second kappa shape index (κ2) is 5.30. The van der Waals surface area contributed by atoms with Crippen LogP contribution in [0.4, 0.5) is 9.80 Å². The maximum atomic E-state index is 11.4. The molecule has 0 unspecified atom stereocenters. The SMILES string of the molecule is CCNC(=O)/N=c1\sc([N+](=O)[O-])cn1CC1CC1. The summed E-state index contributed by atoms with van der Waals surface area (Å²) in [7, 11) is 0. The van der Waals surface area contributed by atoms with E-state index in [0.717, 1.165) is 24.2 Å². The fourth-order valence-electron chi connectivity index (χ4n) is 1.53. The molecule has 2 amide bonds. The Balaban J connectivity index is 2.29. The number of nitrogens with one attached hydrogen (secondary N) is 1. The molecule has 1 aromatic heterocycles. The molecule has 1 aliphatic rings. The van der Waals surface area contributed by atoms with Crippen LogP contribution >= 0.6 is 11.3 Å². The highest BCUT2D eigenvalue weighted by Crippen LogP contribution is 2.30. The van der Waals surface area contributed by atoms with Crippen LogP contribution in [0.25, 0.3) is 0 Å². The molecular weight excluding hydrogens is 256 g/mol. The van der Waals surface area contributed by atoms with E-state index in [0.29, 0.717) is 23.8 Å². The molecular formula is C10H14N4O3S. The van der Waals surface area contributed by atoms with E-state index in [4.69, 9.17) is 0 Å². The summed E-state index contributed by atoms with van der Waals surface area (Å²) in [4.78, 5) is 25.9. The van der Waals surface area contributed by atoms with Crippen LogP contribution in [0.2, 0.25) is 0 Å². The van der Waals surface area contributed by atoms with Crippen LogP contribution in [0.5, 0.6) is 0 Å². The number of urea groups is 1. The quantitative estimate of drug-likeness (QED) is 0.664. The van der Waals surface area contributed by atoms with Crippen molar-refractivity contribution in [3.05, 3.63) is 21.1 Å². The first kappa shape index (κ1) is 12.7. The van der Waals surface area contributed by atoms with E-state index in [1.54, 1.807) is 11.5 Å². The zero-order chi connectivity index (χ0) is 13.1. The molecule has 1 saturated carbocycles. The van der Waals surface area contributed by atoms with Crippen molar-refractivity contribution in [1.82, 2.24) is 9.88 Å². The highest BCUT2D eigenvalue weighted by molar-refractivity contribution is 7.12. The van der Waals surface area contributed by atoms with Crippen molar-refractivity contribution >= 4 is 22.4 Å². The van der Waals surface area contributed by atoms with E-state index in [2.05, 4.69) is 10.3 Å². The Kier molecular flexibility index (Phi) is 3.75. The molecule has 0 spiro atoms. The fraction of sp³-hybridized carbons (Fsp3) is 0.600. The number of rotatable bonds is 4. The lowest BCUT2D eigenvalue weighted by molar-refractivity contribution is -0.380. The Morgan fingerprint density at radius 1 is 1.72 bits per heavy atom. The van der Waals surface area contributed by atoms with Gasteiger partial charge in [-0.1, -0.05) is 0 Å². The lowest BCUT2D eigenvalue weighted by Gasteiger charge is -1.99. The third-order valence-electron chi connectivity index (χ3n) is 2.56. The molecule has 1 aliphatic carbocycles. The van der Waals surface area contributed by atoms with Crippen LogP contribution in [0.1, 0.15) is 19.8 Å². The van der Waals surface area contributed by atoms with Gasteiger partial charge in [-0.3, -0.25) is 10.1 Å². The van der Waals surface area contributed by atoms with Gasteiger partial charge >= 0.3 is 11.0 Å². The van der Waals surface area contributed by atoms with Crippen LogP contribution in [0.3, 0.4) is 0 Å². The van der Waals surface area contributed by atoms with E-state index in [-0.39, 0.29) is 5.00 Å². The average molecular weight is 270 g/mol. The maximum Gasteiger partial charge on any atom is 0.343 e. The highest BCUT2D eigenvalue weighted by Gasteiger charge is 2.24. The Morgan fingerprint density at radius 3 is 3.00 bits per heavy atom. The van der Waals surface area contributed by atoms with Gasteiger partial charge in [-0.05, 0) is 37.0 Å². The number of hydrogen-bond donors (Lipinski definition) is 1. The highest BCUT2D eigenvalue weighted by atomic mass is 32.1. The molecule has 0 atom stereocenters. The van der Waals surface area contributed by atoms with Gasteiger partial charge in [0.15, 0.2) is 0 Å².